The first-order chi connectivity index (χ1) is 7.65. The van der Waals surface area contributed by atoms with Crippen molar-refractivity contribution in [1.29, 1.82) is 0 Å². The van der Waals surface area contributed by atoms with Crippen molar-refractivity contribution in [1.82, 2.24) is 10.1 Å². The first-order valence-electron chi connectivity index (χ1n) is 4.63. The van der Waals surface area contributed by atoms with Crippen LogP contribution in [0, 0.1) is 18.6 Å². The van der Waals surface area contributed by atoms with Crippen LogP contribution in [0.3, 0.4) is 0 Å². The Hall–Kier alpha value is -1.98. The Balaban J connectivity index is 2.04. The molecule has 84 valence electrons. The molecule has 0 aliphatic rings. The van der Waals surface area contributed by atoms with Crippen molar-refractivity contribution in [2.24, 2.45) is 0 Å². The zero-order chi connectivity index (χ0) is 11.5. The first kappa shape index (κ1) is 10.5. The summed E-state index contributed by atoms with van der Waals surface area (Å²) in [5, 5.41) is 6.38. The highest BCUT2D eigenvalue weighted by molar-refractivity contribution is 5.44. The topological polar surface area (TPSA) is 51.0 Å². The van der Waals surface area contributed by atoms with E-state index < -0.39 is 11.6 Å². The third-order valence-electron chi connectivity index (χ3n) is 1.94. The predicted molar refractivity (Wildman–Crippen MR) is 52.7 cm³/mol. The van der Waals surface area contributed by atoms with Crippen molar-refractivity contribution in [3.05, 3.63) is 41.5 Å². The molecule has 1 aromatic carbocycles. The summed E-state index contributed by atoms with van der Waals surface area (Å²) in [6.45, 7) is 1.88. The Bertz CT molecular complexity index is 499. The summed E-state index contributed by atoms with van der Waals surface area (Å²) in [4.78, 5) is 3.94. The third kappa shape index (κ3) is 2.33. The van der Waals surface area contributed by atoms with Crippen LogP contribution in [0.1, 0.15) is 11.7 Å². The van der Waals surface area contributed by atoms with Gasteiger partial charge >= 0.3 is 0 Å². The second-order valence-corrected chi connectivity index (χ2v) is 3.21. The van der Waals surface area contributed by atoms with Gasteiger partial charge in [0.15, 0.2) is 5.82 Å². The van der Waals surface area contributed by atoms with E-state index in [2.05, 4.69) is 15.5 Å². The molecule has 1 aromatic heterocycles. The second-order valence-electron chi connectivity index (χ2n) is 3.21. The van der Waals surface area contributed by atoms with Crippen LogP contribution in [0.25, 0.3) is 0 Å². The summed E-state index contributed by atoms with van der Waals surface area (Å²) in [5.74, 6) is -0.406. The van der Waals surface area contributed by atoms with E-state index in [4.69, 9.17) is 4.52 Å². The van der Waals surface area contributed by atoms with Gasteiger partial charge in [0.1, 0.15) is 11.6 Å². The molecule has 2 aromatic rings. The zero-order valence-electron chi connectivity index (χ0n) is 8.50. The van der Waals surface area contributed by atoms with Gasteiger partial charge in [0.05, 0.1) is 12.2 Å². The van der Waals surface area contributed by atoms with Gasteiger partial charge in [0, 0.05) is 13.0 Å². The Morgan fingerprint density at radius 3 is 2.81 bits per heavy atom. The van der Waals surface area contributed by atoms with Crippen LogP contribution in [-0.4, -0.2) is 10.1 Å². The summed E-state index contributed by atoms with van der Waals surface area (Å²) in [5.41, 5.74) is 0.198. The third-order valence-corrected chi connectivity index (χ3v) is 1.94. The average molecular weight is 225 g/mol. The SMILES string of the molecule is Cc1nc(CNc2ccc(F)cc2F)no1. The van der Waals surface area contributed by atoms with Gasteiger partial charge in [-0.3, -0.25) is 0 Å². The highest BCUT2D eigenvalue weighted by atomic mass is 19.1. The molecule has 0 fully saturated rings. The van der Waals surface area contributed by atoms with Crippen molar-refractivity contribution in [2.75, 3.05) is 5.32 Å². The summed E-state index contributed by atoms with van der Waals surface area (Å²) in [6, 6.07) is 3.30. The van der Waals surface area contributed by atoms with E-state index in [0.29, 0.717) is 11.7 Å². The molecule has 0 saturated heterocycles. The van der Waals surface area contributed by atoms with Crippen LogP contribution in [0.15, 0.2) is 22.7 Å². The maximum absolute atomic E-state index is 13.2. The lowest BCUT2D eigenvalue weighted by Gasteiger charge is -2.04. The number of anilines is 1. The molecule has 0 aliphatic heterocycles. The summed E-state index contributed by atoms with van der Waals surface area (Å²) in [7, 11) is 0. The van der Waals surface area contributed by atoms with Crippen LogP contribution in [0.4, 0.5) is 14.5 Å². The van der Waals surface area contributed by atoms with Crippen LogP contribution < -0.4 is 5.32 Å². The lowest BCUT2D eigenvalue weighted by molar-refractivity contribution is 0.388. The van der Waals surface area contributed by atoms with Gasteiger partial charge in [-0.15, -0.1) is 0 Å². The van der Waals surface area contributed by atoms with E-state index in [-0.39, 0.29) is 12.2 Å². The number of halogens is 2. The molecule has 1 heterocycles. The fourth-order valence-corrected chi connectivity index (χ4v) is 1.22. The lowest BCUT2D eigenvalue weighted by atomic mass is 10.3. The van der Waals surface area contributed by atoms with Crippen molar-refractivity contribution in [2.45, 2.75) is 13.5 Å². The van der Waals surface area contributed by atoms with Crippen molar-refractivity contribution in [3.8, 4) is 0 Å². The van der Waals surface area contributed by atoms with Crippen molar-refractivity contribution >= 4 is 5.69 Å². The first-order valence-corrected chi connectivity index (χ1v) is 4.63. The number of aryl methyl sites for hydroxylation is 1. The Morgan fingerprint density at radius 2 is 2.19 bits per heavy atom. The fraction of sp³-hybridized carbons (Fsp3) is 0.200. The number of aromatic nitrogens is 2. The quantitative estimate of drug-likeness (QED) is 0.870. The molecule has 1 N–H and O–H groups in total. The van der Waals surface area contributed by atoms with Gasteiger partial charge in [0.2, 0.25) is 5.89 Å². The number of nitrogens with zero attached hydrogens (tertiary/aromatic N) is 2. The monoisotopic (exact) mass is 225 g/mol. The van der Waals surface area contributed by atoms with E-state index in [1.165, 1.54) is 12.1 Å². The smallest absolute Gasteiger partial charge is 0.223 e. The minimum absolute atomic E-state index is 0.198. The second kappa shape index (κ2) is 4.26. The van der Waals surface area contributed by atoms with Crippen LogP contribution in [0.2, 0.25) is 0 Å². The molecular weight excluding hydrogens is 216 g/mol. The van der Waals surface area contributed by atoms with Crippen LogP contribution in [-0.2, 0) is 6.54 Å². The molecular formula is C10H9F2N3O. The molecule has 0 unspecified atom stereocenters. The Kier molecular flexibility index (Phi) is 2.80. The average Bonchev–Trinajstić information content (AvgIpc) is 2.63. The van der Waals surface area contributed by atoms with E-state index in [9.17, 15) is 8.78 Å². The zero-order valence-corrected chi connectivity index (χ0v) is 8.50. The van der Waals surface area contributed by atoms with E-state index in [1.807, 2.05) is 0 Å². The van der Waals surface area contributed by atoms with Crippen molar-refractivity contribution in [3.63, 3.8) is 0 Å². The number of benzene rings is 1. The van der Waals surface area contributed by atoms with Gasteiger partial charge in [0.25, 0.3) is 0 Å². The van der Waals surface area contributed by atoms with E-state index >= 15 is 0 Å². The molecule has 0 spiro atoms. The maximum Gasteiger partial charge on any atom is 0.223 e. The Labute approximate surface area is 90.3 Å². The van der Waals surface area contributed by atoms with E-state index in [1.54, 1.807) is 6.92 Å². The largest absolute Gasteiger partial charge is 0.375 e. The molecule has 0 bridgehead atoms. The van der Waals surface area contributed by atoms with Gasteiger partial charge < -0.3 is 9.84 Å². The predicted octanol–water partition coefficient (Wildman–Crippen LogP) is 2.27. The van der Waals surface area contributed by atoms with Crippen LogP contribution >= 0.6 is 0 Å². The molecule has 4 nitrogen and oxygen atoms in total. The molecule has 2 rings (SSSR count). The summed E-state index contributed by atoms with van der Waals surface area (Å²) >= 11 is 0. The lowest BCUT2D eigenvalue weighted by Crippen LogP contribution is -2.03. The summed E-state index contributed by atoms with van der Waals surface area (Å²) < 4.78 is 30.5. The molecule has 0 saturated carbocycles. The number of hydrogen-bond donors (Lipinski definition) is 1. The molecule has 16 heavy (non-hydrogen) atoms. The summed E-state index contributed by atoms with van der Waals surface area (Å²) in [6.07, 6.45) is 0. The molecule has 0 radical (unpaired) electrons. The fourth-order valence-electron chi connectivity index (χ4n) is 1.22. The normalized spacial score (nSPS) is 10.4. The molecule has 0 amide bonds. The minimum Gasteiger partial charge on any atom is -0.375 e. The maximum atomic E-state index is 13.2. The number of rotatable bonds is 3. The van der Waals surface area contributed by atoms with Gasteiger partial charge in [-0.2, -0.15) is 4.98 Å². The highest BCUT2D eigenvalue weighted by Crippen LogP contribution is 2.15. The van der Waals surface area contributed by atoms with Gasteiger partial charge in [-0.05, 0) is 12.1 Å². The molecule has 6 heteroatoms. The highest BCUT2D eigenvalue weighted by Gasteiger charge is 2.05. The number of nitrogens with one attached hydrogen (secondary N) is 1. The Morgan fingerprint density at radius 1 is 1.38 bits per heavy atom. The number of hydrogen-bond acceptors (Lipinski definition) is 4. The molecule has 0 aliphatic carbocycles. The van der Waals surface area contributed by atoms with Gasteiger partial charge in [-0.25, -0.2) is 8.78 Å². The standard InChI is InChI=1S/C10H9F2N3O/c1-6-14-10(15-16-6)5-13-9-3-2-7(11)4-8(9)12/h2-4,13H,5H2,1H3. The van der Waals surface area contributed by atoms with E-state index in [0.717, 1.165) is 6.07 Å². The van der Waals surface area contributed by atoms with Crippen LogP contribution in [0.5, 0.6) is 0 Å². The van der Waals surface area contributed by atoms with Crippen molar-refractivity contribution < 1.29 is 13.3 Å². The van der Waals surface area contributed by atoms with Gasteiger partial charge in [-0.1, -0.05) is 5.16 Å². The molecule has 0 atom stereocenters. The minimum atomic E-state index is -0.653.